The largest absolute Gasteiger partial charge is 0.466 e. The standard InChI is InChI=1S/C13H26O2/c1-4-7-8-9-11-12(10-5-2)13(14)15-6-3/h12H,4-11H2,1-3H3. The summed E-state index contributed by atoms with van der Waals surface area (Å²) >= 11 is 0. The lowest BCUT2D eigenvalue weighted by Crippen LogP contribution is -2.17. The van der Waals surface area contributed by atoms with Gasteiger partial charge in [-0.1, -0.05) is 46.0 Å². The normalized spacial score (nSPS) is 12.5. The third kappa shape index (κ3) is 7.40. The molecule has 0 aliphatic heterocycles. The second kappa shape index (κ2) is 10.0. The van der Waals surface area contributed by atoms with Gasteiger partial charge in [-0.3, -0.25) is 4.79 Å². The van der Waals surface area contributed by atoms with Gasteiger partial charge in [-0.05, 0) is 19.8 Å². The molecular weight excluding hydrogens is 188 g/mol. The van der Waals surface area contributed by atoms with Gasteiger partial charge in [0.05, 0.1) is 12.5 Å². The molecular formula is C13H26O2. The highest BCUT2D eigenvalue weighted by atomic mass is 16.5. The predicted molar refractivity (Wildman–Crippen MR) is 63.8 cm³/mol. The molecule has 90 valence electrons. The number of unbranched alkanes of at least 4 members (excludes halogenated alkanes) is 3. The molecule has 0 spiro atoms. The van der Waals surface area contributed by atoms with Gasteiger partial charge in [0.15, 0.2) is 0 Å². The number of carbonyl (C=O) groups excluding carboxylic acids is 1. The molecule has 0 aliphatic carbocycles. The number of hydrogen-bond acceptors (Lipinski definition) is 2. The van der Waals surface area contributed by atoms with Crippen LogP contribution in [0.4, 0.5) is 0 Å². The number of hydrogen-bond donors (Lipinski definition) is 0. The molecule has 0 amide bonds. The molecule has 2 nitrogen and oxygen atoms in total. The molecule has 0 fully saturated rings. The van der Waals surface area contributed by atoms with Crippen LogP contribution in [0, 0.1) is 5.92 Å². The summed E-state index contributed by atoms with van der Waals surface area (Å²) in [5, 5.41) is 0. The first-order valence-corrected chi connectivity index (χ1v) is 6.42. The number of rotatable bonds is 9. The first-order valence-electron chi connectivity index (χ1n) is 6.42. The molecule has 15 heavy (non-hydrogen) atoms. The molecule has 0 aromatic rings. The summed E-state index contributed by atoms with van der Waals surface area (Å²) in [6.45, 7) is 6.71. The summed E-state index contributed by atoms with van der Waals surface area (Å²) in [6, 6.07) is 0. The zero-order chi connectivity index (χ0) is 11.5. The summed E-state index contributed by atoms with van der Waals surface area (Å²) in [4.78, 5) is 11.6. The van der Waals surface area contributed by atoms with E-state index in [1.54, 1.807) is 0 Å². The minimum atomic E-state index is 0.0100. The fourth-order valence-electron chi connectivity index (χ4n) is 1.81. The van der Waals surface area contributed by atoms with Crippen molar-refractivity contribution in [2.45, 2.75) is 65.7 Å². The highest BCUT2D eigenvalue weighted by molar-refractivity contribution is 5.72. The zero-order valence-electron chi connectivity index (χ0n) is 10.6. The van der Waals surface area contributed by atoms with Crippen LogP contribution in [0.3, 0.4) is 0 Å². The van der Waals surface area contributed by atoms with Gasteiger partial charge in [0.1, 0.15) is 0 Å². The van der Waals surface area contributed by atoms with Crippen molar-refractivity contribution in [1.82, 2.24) is 0 Å². The summed E-state index contributed by atoms with van der Waals surface area (Å²) in [6.07, 6.45) is 7.99. The Bertz CT molecular complexity index is 155. The summed E-state index contributed by atoms with van der Waals surface area (Å²) in [5.74, 6) is 0.155. The lowest BCUT2D eigenvalue weighted by molar-refractivity contribution is -0.148. The van der Waals surface area contributed by atoms with E-state index in [9.17, 15) is 4.79 Å². The summed E-state index contributed by atoms with van der Waals surface area (Å²) in [7, 11) is 0. The van der Waals surface area contributed by atoms with Gasteiger partial charge in [0, 0.05) is 0 Å². The fraction of sp³-hybridized carbons (Fsp3) is 0.923. The Morgan fingerprint density at radius 1 is 1.00 bits per heavy atom. The van der Waals surface area contributed by atoms with Crippen molar-refractivity contribution >= 4 is 5.97 Å². The molecule has 0 bridgehead atoms. The molecule has 1 atom stereocenters. The van der Waals surface area contributed by atoms with Crippen molar-refractivity contribution in [3.05, 3.63) is 0 Å². The van der Waals surface area contributed by atoms with Crippen LogP contribution in [-0.4, -0.2) is 12.6 Å². The fourth-order valence-corrected chi connectivity index (χ4v) is 1.81. The lowest BCUT2D eigenvalue weighted by atomic mass is 9.96. The average molecular weight is 214 g/mol. The average Bonchev–Trinajstić information content (AvgIpc) is 2.23. The number of ether oxygens (including phenoxy) is 1. The molecule has 0 rings (SSSR count). The van der Waals surface area contributed by atoms with E-state index >= 15 is 0 Å². The number of esters is 1. The van der Waals surface area contributed by atoms with Crippen molar-refractivity contribution < 1.29 is 9.53 Å². The Morgan fingerprint density at radius 3 is 2.27 bits per heavy atom. The van der Waals surface area contributed by atoms with Crippen molar-refractivity contribution in [2.24, 2.45) is 5.92 Å². The van der Waals surface area contributed by atoms with E-state index in [1.807, 2.05) is 6.92 Å². The SMILES string of the molecule is CCCCCCC(CCC)C(=O)OCC. The third-order valence-corrected chi connectivity index (χ3v) is 2.66. The van der Waals surface area contributed by atoms with Gasteiger partial charge in [-0.25, -0.2) is 0 Å². The molecule has 1 unspecified atom stereocenters. The maximum atomic E-state index is 11.6. The van der Waals surface area contributed by atoms with E-state index in [0.29, 0.717) is 6.61 Å². The van der Waals surface area contributed by atoms with E-state index in [4.69, 9.17) is 4.74 Å². The van der Waals surface area contributed by atoms with E-state index in [0.717, 1.165) is 25.7 Å². The van der Waals surface area contributed by atoms with Crippen molar-refractivity contribution in [3.8, 4) is 0 Å². The molecule has 0 heterocycles. The minimum Gasteiger partial charge on any atom is -0.466 e. The molecule has 0 aliphatic rings. The highest BCUT2D eigenvalue weighted by Crippen LogP contribution is 2.17. The van der Waals surface area contributed by atoms with E-state index in [1.165, 1.54) is 19.3 Å². The second-order valence-electron chi connectivity index (χ2n) is 4.09. The van der Waals surface area contributed by atoms with Gasteiger partial charge < -0.3 is 4.74 Å². The van der Waals surface area contributed by atoms with Crippen LogP contribution in [0.1, 0.15) is 65.7 Å². The van der Waals surface area contributed by atoms with Gasteiger partial charge in [0.2, 0.25) is 0 Å². The first kappa shape index (κ1) is 14.5. The Labute approximate surface area is 94.4 Å². The van der Waals surface area contributed by atoms with E-state index in [2.05, 4.69) is 13.8 Å². The van der Waals surface area contributed by atoms with Gasteiger partial charge in [-0.2, -0.15) is 0 Å². The zero-order valence-corrected chi connectivity index (χ0v) is 10.6. The third-order valence-electron chi connectivity index (χ3n) is 2.66. The van der Waals surface area contributed by atoms with Crippen molar-refractivity contribution in [2.75, 3.05) is 6.61 Å². The molecule has 0 aromatic carbocycles. The molecule has 2 heteroatoms. The van der Waals surface area contributed by atoms with Gasteiger partial charge in [0.25, 0.3) is 0 Å². The summed E-state index contributed by atoms with van der Waals surface area (Å²) in [5.41, 5.74) is 0. The van der Waals surface area contributed by atoms with E-state index < -0.39 is 0 Å². The monoisotopic (exact) mass is 214 g/mol. The van der Waals surface area contributed by atoms with Crippen LogP contribution in [-0.2, 0) is 9.53 Å². The number of carbonyl (C=O) groups is 1. The van der Waals surface area contributed by atoms with E-state index in [-0.39, 0.29) is 11.9 Å². The Balaban J connectivity index is 3.76. The van der Waals surface area contributed by atoms with Crippen molar-refractivity contribution in [3.63, 3.8) is 0 Å². The van der Waals surface area contributed by atoms with Crippen LogP contribution in [0.5, 0.6) is 0 Å². The predicted octanol–water partition coefficient (Wildman–Crippen LogP) is 3.94. The van der Waals surface area contributed by atoms with Gasteiger partial charge >= 0.3 is 5.97 Å². The van der Waals surface area contributed by atoms with Crippen LogP contribution in [0.25, 0.3) is 0 Å². The van der Waals surface area contributed by atoms with Crippen LogP contribution in [0.2, 0.25) is 0 Å². The molecule has 0 saturated heterocycles. The Kier molecular flexibility index (Phi) is 9.65. The van der Waals surface area contributed by atoms with Crippen LogP contribution in [0.15, 0.2) is 0 Å². The quantitative estimate of drug-likeness (QED) is 0.429. The summed E-state index contributed by atoms with van der Waals surface area (Å²) < 4.78 is 5.07. The minimum absolute atomic E-state index is 0.0100. The van der Waals surface area contributed by atoms with Crippen LogP contribution < -0.4 is 0 Å². The molecule has 0 saturated carbocycles. The Hall–Kier alpha value is -0.530. The van der Waals surface area contributed by atoms with Gasteiger partial charge in [-0.15, -0.1) is 0 Å². The second-order valence-corrected chi connectivity index (χ2v) is 4.09. The molecule has 0 aromatic heterocycles. The first-order chi connectivity index (χ1) is 7.26. The van der Waals surface area contributed by atoms with Crippen LogP contribution >= 0.6 is 0 Å². The van der Waals surface area contributed by atoms with Crippen molar-refractivity contribution in [1.29, 1.82) is 0 Å². The maximum absolute atomic E-state index is 11.6. The smallest absolute Gasteiger partial charge is 0.308 e. The highest BCUT2D eigenvalue weighted by Gasteiger charge is 2.17. The molecule has 0 radical (unpaired) electrons. The maximum Gasteiger partial charge on any atom is 0.308 e. The topological polar surface area (TPSA) is 26.3 Å². The lowest BCUT2D eigenvalue weighted by Gasteiger charge is -2.14. The molecule has 0 N–H and O–H groups in total. The Morgan fingerprint density at radius 2 is 1.73 bits per heavy atom.